The van der Waals surface area contributed by atoms with Crippen molar-refractivity contribution in [1.82, 2.24) is 13.2 Å². The summed E-state index contributed by atoms with van der Waals surface area (Å²) in [6.45, 7) is 13.5. The zero-order valence-corrected chi connectivity index (χ0v) is 45.7. The van der Waals surface area contributed by atoms with Gasteiger partial charge in [0.25, 0.3) is 0 Å². The van der Waals surface area contributed by atoms with Crippen molar-refractivity contribution in [2.24, 2.45) is 5.92 Å². The van der Waals surface area contributed by atoms with Gasteiger partial charge in [-0.2, -0.15) is 0 Å². The normalized spacial score (nSPS) is 29.3. The van der Waals surface area contributed by atoms with Gasteiger partial charge in [-0.15, -0.1) is 0 Å². The first-order chi connectivity index (χ1) is 34.0. The Labute approximate surface area is 440 Å². The Bertz CT molecular complexity index is 1990. The molecule has 0 saturated carbocycles. The van der Waals surface area contributed by atoms with E-state index in [0.717, 1.165) is 11.1 Å². The average molecular weight is 1160 g/mol. The van der Waals surface area contributed by atoms with Gasteiger partial charge in [0.1, 0.15) is 33.8 Å². The maximum atomic E-state index is 14.3. The molecule has 0 radical (unpaired) electrons. The number of carbonyl (C=O) groups is 4. The highest BCUT2D eigenvalue weighted by Gasteiger charge is 2.64. The molecule has 23 heteroatoms. The molecule has 400 valence electrons. The lowest BCUT2D eigenvalue weighted by Crippen LogP contribution is -2.63. The number of benzene rings is 1. The summed E-state index contributed by atoms with van der Waals surface area (Å²) in [6.07, 6.45) is 1.28. The lowest BCUT2D eigenvalue weighted by atomic mass is 9.83. The van der Waals surface area contributed by atoms with Crippen molar-refractivity contribution >= 4 is 75.9 Å². The fourth-order valence-corrected chi connectivity index (χ4v) is 10.4. The summed E-state index contributed by atoms with van der Waals surface area (Å²) in [5, 5.41) is 14.3. The minimum absolute atomic E-state index is 0.00806. The lowest BCUT2D eigenvalue weighted by molar-refractivity contribution is -0.142. The number of amides is 4. The first-order valence-corrected chi connectivity index (χ1v) is 26.2. The number of methoxy groups -OCH3 is 2. The van der Waals surface area contributed by atoms with E-state index in [1.54, 1.807) is 19.2 Å². The SMILES string of the molecule is COc1cc2cc(c1Cl)N(C)C(=O)C[C@H](OC(C)[C@H](C)OCCOCCOCCOCCOCCOCCN1C(=O)CC(SNI)C1=O)[C@]1(C)O[C@H]1[C@H](C)[C@@H]1C[C@@](O)(NC(=O)O1)[C@H](OC)/C=C/C=C(\C)C2. The van der Waals surface area contributed by atoms with Crippen molar-refractivity contribution in [3.05, 3.63) is 46.5 Å². The number of hydrogen-bond donors (Lipinski definition) is 3. The number of epoxide rings is 1. The summed E-state index contributed by atoms with van der Waals surface area (Å²) < 4.78 is 67.1. The molecule has 4 aliphatic rings. The maximum absolute atomic E-state index is 14.3. The van der Waals surface area contributed by atoms with Crippen LogP contribution in [0, 0.1) is 5.92 Å². The number of alkyl carbamates (subject to hydrolysis) is 1. The van der Waals surface area contributed by atoms with E-state index in [2.05, 4.69) is 8.25 Å². The standard InChI is InChI=1S/C48H72ClIN4O16S/c1-30-10-9-11-39(61-8)48(59)29-37(69-46(58)51-48)31(2)44-47(5,70-44)40(28-41(55)53(6)35-25-34(24-30)26-36(60-7)43(35)49)68-33(4)32(3)67-23-22-66-21-20-65-19-18-64-17-16-63-15-14-62-13-12-54-42(56)27-38(45(54)57)71-52-50/h9-11,25-26,31-33,37-40,44,52,59H,12-24,27-29H2,1-8H3,(H,51,58)/b11-9+,30-10+/t31-,32+,33?,37+,38?,39-,40+,44+,47+,48+/m1/s1. The van der Waals surface area contributed by atoms with Gasteiger partial charge in [0.05, 0.1) is 123 Å². The van der Waals surface area contributed by atoms with Crippen molar-refractivity contribution < 1.29 is 76.4 Å². The number of hydrogen-bond acceptors (Lipinski definition) is 18. The van der Waals surface area contributed by atoms with E-state index in [0.29, 0.717) is 77.3 Å². The van der Waals surface area contributed by atoms with Crippen molar-refractivity contribution in [1.29, 1.82) is 0 Å². The third kappa shape index (κ3) is 16.9. The molecule has 4 bridgehead atoms. The number of aliphatic hydroxyl groups is 1. The van der Waals surface area contributed by atoms with E-state index in [1.807, 2.05) is 75.7 Å². The van der Waals surface area contributed by atoms with Crippen molar-refractivity contribution in [3.63, 3.8) is 0 Å². The number of nitrogens with one attached hydrogen (secondary N) is 2. The molecule has 0 spiro atoms. The number of fused-ring (bicyclic) bond motifs is 5. The quantitative estimate of drug-likeness (QED) is 0.0285. The molecule has 0 aromatic heterocycles. The monoisotopic (exact) mass is 1150 g/mol. The predicted molar refractivity (Wildman–Crippen MR) is 273 cm³/mol. The van der Waals surface area contributed by atoms with Gasteiger partial charge in [-0.05, 0) is 51.8 Å². The predicted octanol–water partition coefficient (Wildman–Crippen LogP) is 4.73. The van der Waals surface area contributed by atoms with Crippen LogP contribution in [0.4, 0.5) is 10.5 Å². The Kier molecular flexibility index (Phi) is 24.0. The molecular weight excluding hydrogens is 1080 g/mol. The molecule has 20 nitrogen and oxygen atoms in total. The number of rotatable bonds is 26. The molecule has 3 saturated heterocycles. The smallest absolute Gasteiger partial charge is 0.409 e. The second kappa shape index (κ2) is 28.8. The van der Waals surface area contributed by atoms with Crippen LogP contribution in [-0.4, -0.2) is 188 Å². The molecule has 5 rings (SSSR count). The second-order valence-electron chi connectivity index (χ2n) is 18.0. The maximum Gasteiger partial charge on any atom is 0.409 e. The van der Waals surface area contributed by atoms with E-state index in [4.69, 9.17) is 63.7 Å². The molecule has 4 amide bonds. The number of imide groups is 1. The molecule has 4 heterocycles. The number of likely N-dealkylation sites (tertiary alicyclic amines) is 1. The Balaban J connectivity index is 1.05. The van der Waals surface area contributed by atoms with Gasteiger partial charge >= 0.3 is 6.09 Å². The van der Waals surface area contributed by atoms with Crippen LogP contribution in [0.15, 0.2) is 35.9 Å². The van der Waals surface area contributed by atoms with Gasteiger partial charge < -0.3 is 62.1 Å². The third-order valence-electron chi connectivity index (χ3n) is 12.9. The summed E-state index contributed by atoms with van der Waals surface area (Å²) in [4.78, 5) is 54.4. The van der Waals surface area contributed by atoms with Gasteiger partial charge in [0, 0.05) is 55.8 Å². The number of carbonyl (C=O) groups excluding carboxylic acids is 4. The van der Waals surface area contributed by atoms with Gasteiger partial charge in [0.15, 0.2) is 5.72 Å². The first-order valence-electron chi connectivity index (χ1n) is 23.9. The number of ether oxygens (including phenoxy) is 11. The largest absolute Gasteiger partial charge is 0.495 e. The van der Waals surface area contributed by atoms with E-state index in [9.17, 15) is 24.3 Å². The second-order valence-corrected chi connectivity index (χ2v) is 20.7. The molecule has 2 unspecified atom stereocenters. The van der Waals surface area contributed by atoms with Crippen LogP contribution in [0.2, 0.25) is 5.02 Å². The Hall–Kier alpha value is -2.69. The van der Waals surface area contributed by atoms with E-state index >= 15 is 0 Å². The van der Waals surface area contributed by atoms with E-state index in [-0.39, 0.29) is 61.8 Å². The van der Waals surface area contributed by atoms with Crippen LogP contribution < -0.4 is 17.9 Å². The van der Waals surface area contributed by atoms with Crippen molar-refractivity contribution in [2.75, 3.05) is 105 Å². The summed E-state index contributed by atoms with van der Waals surface area (Å²) in [7, 11) is 4.65. The zero-order chi connectivity index (χ0) is 51.7. The van der Waals surface area contributed by atoms with Crippen molar-refractivity contribution in [3.8, 4) is 5.75 Å². The highest BCUT2D eigenvalue weighted by Crippen LogP contribution is 2.49. The van der Waals surface area contributed by atoms with E-state index < -0.39 is 65.2 Å². The van der Waals surface area contributed by atoms with Crippen LogP contribution in [0.1, 0.15) is 59.4 Å². The lowest BCUT2D eigenvalue weighted by Gasteiger charge is -2.42. The molecule has 0 aliphatic carbocycles. The Morgan fingerprint density at radius 2 is 1.55 bits per heavy atom. The zero-order valence-electron chi connectivity index (χ0n) is 41.9. The van der Waals surface area contributed by atoms with Gasteiger partial charge in [0.2, 0.25) is 17.7 Å². The topological polar surface area (TPSA) is 224 Å². The van der Waals surface area contributed by atoms with Crippen LogP contribution in [0.5, 0.6) is 5.75 Å². The number of halogens is 2. The van der Waals surface area contributed by atoms with E-state index in [1.165, 1.54) is 36.0 Å². The molecule has 71 heavy (non-hydrogen) atoms. The molecule has 1 aromatic carbocycles. The summed E-state index contributed by atoms with van der Waals surface area (Å²) in [5.74, 6) is -0.670. The highest BCUT2D eigenvalue weighted by molar-refractivity contribution is 14.1. The summed E-state index contributed by atoms with van der Waals surface area (Å²) in [5.41, 5.74) is -0.496. The minimum atomic E-state index is -1.78. The fourth-order valence-electron chi connectivity index (χ4n) is 8.60. The number of allylic oxidation sites excluding steroid dienone is 3. The first kappa shape index (κ1) is 59.2. The average Bonchev–Trinajstić information content (AvgIpc) is 3.96. The fraction of sp³-hybridized carbons (Fsp3) is 0.708. The minimum Gasteiger partial charge on any atom is -0.495 e. The molecular formula is C48H72ClIN4O16S. The Morgan fingerprint density at radius 1 is 0.930 bits per heavy atom. The number of nitrogens with zero attached hydrogens (tertiary/aromatic N) is 2. The van der Waals surface area contributed by atoms with Crippen LogP contribution in [0.3, 0.4) is 0 Å². The van der Waals surface area contributed by atoms with Gasteiger partial charge in [-0.1, -0.05) is 54.3 Å². The molecule has 3 fully saturated rings. The molecule has 10 atom stereocenters. The van der Waals surface area contributed by atoms with Crippen LogP contribution in [0.25, 0.3) is 0 Å². The molecule has 1 aromatic rings. The summed E-state index contributed by atoms with van der Waals surface area (Å²) >= 11 is 10.0. The Morgan fingerprint density at radius 3 is 2.15 bits per heavy atom. The van der Waals surface area contributed by atoms with Gasteiger partial charge in [-0.25, -0.2) is 7.73 Å². The molecule has 3 N–H and O–H groups in total. The van der Waals surface area contributed by atoms with Crippen molar-refractivity contribution in [2.45, 2.75) is 114 Å². The van der Waals surface area contributed by atoms with Crippen LogP contribution >= 0.6 is 46.4 Å². The number of anilines is 1. The highest BCUT2D eigenvalue weighted by atomic mass is 127. The molecule has 4 aliphatic heterocycles. The summed E-state index contributed by atoms with van der Waals surface area (Å²) in [6, 6.07) is 3.70. The third-order valence-corrected chi connectivity index (χ3v) is 14.8. The van der Waals surface area contributed by atoms with Crippen LogP contribution in [-0.2, 0) is 68.2 Å². The van der Waals surface area contributed by atoms with Gasteiger partial charge in [-0.3, -0.25) is 24.6 Å².